The fraction of sp³-hybridized carbons (Fsp3) is 1.00. The van der Waals surface area contributed by atoms with Gasteiger partial charge < -0.3 is 4.74 Å². The van der Waals surface area contributed by atoms with Crippen LogP contribution in [-0.4, -0.2) is 12.2 Å². The third-order valence-electron chi connectivity index (χ3n) is 3.96. The van der Waals surface area contributed by atoms with Crippen LogP contribution in [-0.2, 0) is 4.74 Å². The van der Waals surface area contributed by atoms with E-state index >= 15 is 0 Å². The molecule has 2 fully saturated rings. The Balaban J connectivity index is 2.03. The molecule has 1 heteroatoms. The molecule has 1 aliphatic heterocycles. The summed E-state index contributed by atoms with van der Waals surface area (Å²) in [5.74, 6) is 3.47. The number of fused-ring (bicyclic) bond motifs is 1. The Morgan fingerprint density at radius 1 is 0.846 bits per heavy atom. The topological polar surface area (TPSA) is 12.5 Å². The van der Waals surface area contributed by atoms with Crippen molar-refractivity contribution in [2.24, 2.45) is 23.7 Å². The van der Waals surface area contributed by atoms with Gasteiger partial charge in [0, 0.05) is 0 Å². The fourth-order valence-corrected chi connectivity index (χ4v) is 3.01. The summed E-state index contributed by atoms with van der Waals surface area (Å²) in [6.45, 7) is 9.46. The van der Waals surface area contributed by atoms with Crippen LogP contribution in [0.2, 0.25) is 0 Å². The van der Waals surface area contributed by atoms with E-state index in [0.717, 1.165) is 23.7 Å². The zero-order chi connectivity index (χ0) is 9.59. The van der Waals surface area contributed by atoms with Crippen LogP contribution in [0.25, 0.3) is 0 Å². The maximum absolute atomic E-state index is 5.64. The predicted octanol–water partition coefficient (Wildman–Crippen LogP) is 3.09. The van der Waals surface area contributed by atoms with Crippen LogP contribution in [0.4, 0.5) is 0 Å². The zero-order valence-electron chi connectivity index (χ0n) is 9.29. The normalized spacial score (nSPS) is 43.8. The van der Waals surface area contributed by atoms with Gasteiger partial charge in [-0.15, -0.1) is 0 Å². The summed E-state index contributed by atoms with van der Waals surface area (Å²) in [6, 6.07) is 0. The SMILES string of the molecule is CC(C)C1CC2OC2CC1C(C)C. The standard InChI is InChI=1S/C12H22O/c1-7(2)9-5-11-12(13-11)6-10(9)8(3)4/h7-12H,5-6H2,1-4H3. The van der Waals surface area contributed by atoms with E-state index in [1.54, 1.807) is 0 Å². The first-order valence-corrected chi connectivity index (χ1v) is 5.75. The third-order valence-corrected chi connectivity index (χ3v) is 3.96. The molecular formula is C12H22O. The quantitative estimate of drug-likeness (QED) is 0.598. The Labute approximate surface area is 81.9 Å². The molecule has 2 rings (SSSR count). The number of rotatable bonds is 2. The molecule has 1 heterocycles. The van der Waals surface area contributed by atoms with Crippen molar-refractivity contribution in [1.29, 1.82) is 0 Å². The van der Waals surface area contributed by atoms with E-state index in [0.29, 0.717) is 12.2 Å². The Hall–Kier alpha value is -0.0400. The molecule has 1 saturated heterocycles. The van der Waals surface area contributed by atoms with Crippen molar-refractivity contribution < 1.29 is 4.74 Å². The monoisotopic (exact) mass is 182 g/mol. The molecule has 76 valence electrons. The van der Waals surface area contributed by atoms with E-state index in [1.807, 2.05) is 0 Å². The van der Waals surface area contributed by atoms with Crippen LogP contribution in [0.1, 0.15) is 40.5 Å². The molecule has 0 radical (unpaired) electrons. The molecule has 0 spiro atoms. The van der Waals surface area contributed by atoms with Gasteiger partial charge in [-0.25, -0.2) is 0 Å². The van der Waals surface area contributed by atoms with Crippen LogP contribution < -0.4 is 0 Å². The highest BCUT2D eigenvalue weighted by Crippen LogP contribution is 2.47. The molecule has 1 aliphatic carbocycles. The second kappa shape index (κ2) is 3.27. The first kappa shape index (κ1) is 9.51. The average Bonchev–Trinajstić information content (AvgIpc) is 2.78. The van der Waals surface area contributed by atoms with Crippen molar-refractivity contribution >= 4 is 0 Å². The van der Waals surface area contributed by atoms with Crippen molar-refractivity contribution in [3.05, 3.63) is 0 Å². The fourth-order valence-electron chi connectivity index (χ4n) is 3.01. The van der Waals surface area contributed by atoms with E-state index in [4.69, 9.17) is 4.74 Å². The molecule has 13 heavy (non-hydrogen) atoms. The van der Waals surface area contributed by atoms with E-state index in [9.17, 15) is 0 Å². The molecule has 0 bridgehead atoms. The zero-order valence-corrected chi connectivity index (χ0v) is 9.29. The van der Waals surface area contributed by atoms with Crippen molar-refractivity contribution in [2.45, 2.75) is 52.7 Å². The Kier molecular flexibility index (Phi) is 2.39. The van der Waals surface area contributed by atoms with Crippen molar-refractivity contribution in [1.82, 2.24) is 0 Å². The van der Waals surface area contributed by atoms with Crippen molar-refractivity contribution in [3.8, 4) is 0 Å². The molecular weight excluding hydrogens is 160 g/mol. The molecule has 0 aromatic rings. The summed E-state index contributed by atoms with van der Waals surface area (Å²) >= 11 is 0. The molecule has 4 unspecified atom stereocenters. The van der Waals surface area contributed by atoms with Gasteiger partial charge in [0.05, 0.1) is 12.2 Å². The molecule has 1 saturated carbocycles. The minimum Gasteiger partial charge on any atom is -0.370 e. The van der Waals surface area contributed by atoms with Crippen LogP contribution >= 0.6 is 0 Å². The molecule has 0 aromatic heterocycles. The van der Waals surface area contributed by atoms with Gasteiger partial charge in [-0.1, -0.05) is 27.7 Å². The minimum atomic E-state index is 0.641. The van der Waals surface area contributed by atoms with Gasteiger partial charge in [0.1, 0.15) is 0 Å². The van der Waals surface area contributed by atoms with Gasteiger partial charge in [0.2, 0.25) is 0 Å². The first-order valence-electron chi connectivity index (χ1n) is 5.75. The van der Waals surface area contributed by atoms with Gasteiger partial charge >= 0.3 is 0 Å². The lowest BCUT2D eigenvalue weighted by molar-refractivity contribution is 0.153. The second-order valence-electron chi connectivity index (χ2n) is 5.50. The van der Waals surface area contributed by atoms with Gasteiger partial charge in [-0.3, -0.25) is 0 Å². The highest BCUT2D eigenvalue weighted by Gasteiger charge is 2.49. The molecule has 2 aliphatic rings. The molecule has 0 amide bonds. The Morgan fingerprint density at radius 2 is 1.23 bits per heavy atom. The largest absolute Gasteiger partial charge is 0.370 e. The van der Waals surface area contributed by atoms with Crippen molar-refractivity contribution in [2.75, 3.05) is 0 Å². The lowest BCUT2D eigenvalue weighted by Gasteiger charge is -2.35. The van der Waals surface area contributed by atoms with Crippen molar-refractivity contribution in [3.63, 3.8) is 0 Å². The molecule has 4 atom stereocenters. The van der Waals surface area contributed by atoms with E-state index in [-0.39, 0.29) is 0 Å². The van der Waals surface area contributed by atoms with Gasteiger partial charge in [0.25, 0.3) is 0 Å². The van der Waals surface area contributed by atoms with Crippen LogP contribution in [0.15, 0.2) is 0 Å². The molecule has 0 N–H and O–H groups in total. The summed E-state index contributed by atoms with van der Waals surface area (Å²) in [5, 5.41) is 0. The third kappa shape index (κ3) is 1.76. The Morgan fingerprint density at radius 3 is 1.54 bits per heavy atom. The first-order chi connectivity index (χ1) is 6.09. The highest BCUT2D eigenvalue weighted by atomic mass is 16.6. The lowest BCUT2D eigenvalue weighted by atomic mass is 9.69. The van der Waals surface area contributed by atoms with Gasteiger partial charge in [-0.05, 0) is 36.5 Å². The summed E-state index contributed by atoms with van der Waals surface area (Å²) in [6.07, 6.45) is 3.93. The minimum absolute atomic E-state index is 0.641. The number of epoxide rings is 1. The number of hydrogen-bond acceptors (Lipinski definition) is 1. The number of ether oxygens (including phenoxy) is 1. The maximum atomic E-state index is 5.64. The summed E-state index contributed by atoms with van der Waals surface area (Å²) in [4.78, 5) is 0. The van der Waals surface area contributed by atoms with Gasteiger partial charge in [0.15, 0.2) is 0 Å². The molecule has 1 nitrogen and oxygen atoms in total. The van der Waals surface area contributed by atoms with Crippen LogP contribution in [0, 0.1) is 23.7 Å². The smallest absolute Gasteiger partial charge is 0.0844 e. The average molecular weight is 182 g/mol. The van der Waals surface area contributed by atoms with E-state index < -0.39 is 0 Å². The summed E-state index contributed by atoms with van der Waals surface area (Å²) in [5.41, 5.74) is 0. The van der Waals surface area contributed by atoms with E-state index in [1.165, 1.54) is 12.8 Å². The lowest BCUT2D eigenvalue weighted by Crippen LogP contribution is -2.31. The van der Waals surface area contributed by atoms with Gasteiger partial charge in [-0.2, -0.15) is 0 Å². The summed E-state index contributed by atoms with van der Waals surface area (Å²) in [7, 11) is 0. The highest BCUT2D eigenvalue weighted by molar-refractivity contribution is 4.97. The number of hydrogen-bond donors (Lipinski definition) is 0. The molecule has 0 aromatic carbocycles. The summed E-state index contributed by atoms with van der Waals surface area (Å²) < 4.78 is 5.64. The second-order valence-corrected chi connectivity index (χ2v) is 5.50. The maximum Gasteiger partial charge on any atom is 0.0844 e. The van der Waals surface area contributed by atoms with Crippen LogP contribution in [0.5, 0.6) is 0 Å². The van der Waals surface area contributed by atoms with Crippen LogP contribution in [0.3, 0.4) is 0 Å². The van der Waals surface area contributed by atoms with E-state index in [2.05, 4.69) is 27.7 Å². The predicted molar refractivity (Wildman–Crippen MR) is 54.6 cm³/mol. The Bertz CT molecular complexity index is 166.